The van der Waals surface area contributed by atoms with Crippen LogP contribution in [0.1, 0.15) is 5.56 Å². The summed E-state index contributed by atoms with van der Waals surface area (Å²) in [7, 11) is 0. The summed E-state index contributed by atoms with van der Waals surface area (Å²) in [6.45, 7) is 5.55. The molecule has 1 heterocycles. The Balaban J connectivity index is 1.41. The van der Waals surface area contributed by atoms with E-state index in [1.54, 1.807) is 23.1 Å². The van der Waals surface area contributed by atoms with Gasteiger partial charge in [-0.25, -0.2) is 0 Å². The second kappa shape index (κ2) is 9.90. The smallest absolute Gasteiger partial charge is 0.279 e. The standard InChI is InChI=1S/C21H23Cl2N3O/c22-18-9-4-10-19(23)21(18)24-20(27)16-26-14-12-25(13-15-26)11-5-8-17-6-2-1-3-7-17/h1-10H,11-16H2,(H,24,27)/p+2/b8-5+. The second-order valence-electron chi connectivity index (χ2n) is 6.84. The average Bonchev–Trinajstić information content (AvgIpc) is 2.67. The zero-order chi connectivity index (χ0) is 19.1. The van der Waals surface area contributed by atoms with E-state index in [4.69, 9.17) is 23.2 Å². The van der Waals surface area contributed by atoms with Gasteiger partial charge in [0.15, 0.2) is 6.54 Å². The maximum atomic E-state index is 12.3. The summed E-state index contributed by atoms with van der Waals surface area (Å²) in [5, 5.41) is 3.77. The molecule has 0 atom stereocenters. The van der Waals surface area contributed by atoms with Crippen LogP contribution in [0.15, 0.2) is 54.6 Å². The van der Waals surface area contributed by atoms with Crippen LogP contribution in [0.4, 0.5) is 5.69 Å². The molecule has 0 saturated carbocycles. The van der Waals surface area contributed by atoms with Crippen molar-refractivity contribution in [2.45, 2.75) is 0 Å². The summed E-state index contributed by atoms with van der Waals surface area (Å²) < 4.78 is 0. The number of carbonyl (C=O) groups excluding carboxylic acids is 1. The molecule has 27 heavy (non-hydrogen) atoms. The van der Waals surface area contributed by atoms with Gasteiger partial charge in [-0.1, -0.05) is 65.7 Å². The van der Waals surface area contributed by atoms with Crippen molar-refractivity contribution in [2.75, 3.05) is 44.6 Å². The van der Waals surface area contributed by atoms with Crippen LogP contribution in [0.25, 0.3) is 6.08 Å². The molecule has 1 aliphatic heterocycles. The molecule has 1 saturated heterocycles. The number of halogens is 2. The lowest BCUT2D eigenvalue weighted by Gasteiger charge is -2.28. The fourth-order valence-electron chi connectivity index (χ4n) is 3.29. The first-order chi connectivity index (χ1) is 13.1. The van der Waals surface area contributed by atoms with Gasteiger partial charge in [0.05, 0.1) is 22.3 Å². The lowest BCUT2D eigenvalue weighted by molar-refractivity contribution is -1.01. The fourth-order valence-corrected chi connectivity index (χ4v) is 3.78. The van der Waals surface area contributed by atoms with Gasteiger partial charge in [-0.2, -0.15) is 0 Å². The summed E-state index contributed by atoms with van der Waals surface area (Å²) in [5.41, 5.74) is 1.73. The third-order valence-electron chi connectivity index (χ3n) is 4.82. The van der Waals surface area contributed by atoms with Gasteiger partial charge in [0.1, 0.15) is 26.2 Å². The van der Waals surface area contributed by atoms with E-state index in [1.165, 1.54) is 10.5 Å². The maximum absolute atomic E-state index is 12.3. The Kier molecular flexibility index (Phi) is 7.30. The van der Waals surface area contributed by atoms with Crippen LogP contribution in [-0.2, 0) is 4.79 Å². The number of carbonyl (C=O) groups is 1. The maximum Gasteiger partial charge on any atom is 0.279 e. The van der Waals surface area contributed by atoms with E-state index in [2.05, 4.69) is 41.7 Å². The van der Waals surface area contributed by atoms with Crippen LogP contribution in [0.5, 0.6) is 0 Å². The topological polar surface area (TPSA) is 38.0 Å². The van der Waals surface area contributed by atoms with Gasteiger partial charge in [0, 0.05) is 0 Å². The minimum absolute atomic E-state index is 0.0487. The average molecular weight is 406 g/mol. The zero-order valence-electron chi connectivity index (χ0n) is 15.2. The molecule has 6 heteroatoms. The number of rotatable bonds is 6. The number of anilines is 1. The Morgan fingerprint density at radius 2 is 1.56 bits per heavy atom. The largest absolute Gasteiger partial charge is 0.322 e. The molecule has 2 aromatic carbocycles. The molecule has 0 spiro atoms. The van der Waals surface area contributed by atoms with Crippen molar-refractivity contribution in [3.8, 4) is 0 Å². The number of piperazine rings is 1. The van der Waals surface area contributed by atoms with Crippen LogP contribution in [-0.4, -0.2) is 45.2 Å². The van der Waals surface area contributed by atoms with E-state index in [-0.39, 0.29) is 5.91 Å². The van der Waals surface area contributed by atoms with Crippen molar-refractivity contribution < 1.29 is 14.6 Å². The Morgan fingerprint density at radius 3 is 2.22 bits per heavy atom. The summed E-state index contributed by atoms with van der Waals surface area (Å²) in [6, 6.07) is 15.6. The summed E-state index contributed by atoms with van der Waals surface area (Å²) >= 11 is 12.2. The van der Waals surface area contributed by atoms with Gasteiger partial charge in [0.25, 0.3) is 5.91 Å². The van der Waals surface area contributed by atoms with E-state index in [0.29, 0.717) is 22.3 Å². The molecular weight excluding hydrogens is 381 g/mol. The minimum atomic E-state index is -0.0487. The molecule has 4 nitrogen and oxygen atoms in total. The highest BCUT2D eigenvalue weighted by Crippen LogP contribution is 2.29. The molecule has 0 bridgehead atoms. The first-order valence-corrected chi connectivity index (χ1v) is 10.00. The van der Waals surface area contributed by atoms with Crippen molar-refractivity contribution in [3.63, 3.8) is 0 Å². The number of hydrogen-bond acceptors (Lipinski definition) is 1. The predicted molar refractivity (Wildman–Crippen MR) is 112 cm³/mol. The van der Waals surface area contributed by atoms with Crippen LogP contribution in [0.3, 0.4) is 0 Å². The lowest BCUT2D eigenvalue weighted by atomic mass is 10.2. The lowest BCUT2D eigenvalue weighted by Crippen LogP contribution is -3.28. The molecular formula is C21H25Cl2N3O+2. The molecule has 0 radical (unpaired) electrons. The van der Waals surface area contributed by atoms with E-state index in [9.17, 15) is 4.79 Å². The fraction of sp³-hybridized carbons (Fsp3) is 0.286. The number of hydrogen-bond donors (Lipinski definition) is 3. The predicted octanol–water partition coefficient (Wildman–Crippen LogP) is 1.43. The van der Waals surface area contributed by atoms with E-state index in [1.807, 2.05) is 6.07 Å². The molecule has 3 N–H and O–H groups in total. The van der Waals surface area contributed by atoms with Gasteiger partial charge in [-0.05, 0) is 23.8 Å². The van der Waals surface area contributed by atoms with Crippen molar-refractivity contribution >= 4 is 40.9 Å². The third-order valence-corrected chi connectivity index (χ3v) is 5.45. The number of benzene rings is 2. The van der Waals surface area contributed by atoms with Crippen LogP contribution in [0.2, 0.25) is 10.0 Å². The molecule has 2 aromatic rings. The third kappa shape index (κ3) is 6.08. The molecule has 1 aliphatic rings. The quantitative estimate of drug-likeness (QED) is 0.667. The highest BCUT2D eigenvalue weighted by atomic mass is 35.5. The second-order valence-corrected chi connectivity index (χ2v) is 7.65. The summed E-state index contributed by atoms with van der Waals surface area (Å²) in [5.74, 6) is -0.0487. The normalized spacial score (nSPS) is 19.9. The van der Waals surface area contributed by atoms with Gasteiger partial charge >= 0.3 is 0 Å². The summed E-state index contributed by atoms with van der Waals surface area (Å²) in [6.07, 6.45) is 4.41. The van der Waals surface area contributed by atoms with E-state index in [0.717, 1.165) is 32.7 Å². The van der Waals surface area contributed by atoms with Crippen molar-refractivity contribution in [3.05, 3.63) is 70.2 Å². The highest BCUT2D eigenvalue weighted by molar-refractivity contribution is 6.39. The SMILES string of the molecule is O=C(C[NH+]1CC[NH+](C/C=C/c2ccccc2)CC1)Nc1c(Cl)cccc1Cl. The van der Waals surface area contributed by atoms with Gasteiger partial charge in [0.2, 0.25) is 0 Å². The number of quaternary nitrogens is 2. The Hall–Kier alpha value is -1.85. The van der Waals surface area contributed by atoms with Gasteiger partial charge in [-0.3, -0.25) is 4.79 Å². The molecule has 3 rings (SSSR count). The molecule has 1 fully saturated rings. The first-order valence-electron chi connectivity index (χ1n) is 9.24. The van der Waals surface area contributed by atoms with E-state index >= 15 is 0 Å². The molecule has 142 valence electrons. The van der Waals surface area contributed by atoms with Crippen LogP contribution >= 0.6 is 23.2 Å². The zero-order valence-corrected chi connectivity index (χ0v) is 16.7. The molecule has 0 unspecified atom stereocenters. The van der Waals surface area contributed by atoms with Gasteiger partial charge in [-0.15, -0.1) is 0 Å². The highest BCUT2D eigenvalue weighted by Gasteiger charge is 2.24. The molecule has 0 aliphatic carbocycles. The first kappa shape index (κ1) is 19.9. The molecule has 0 aromatic heterocycles. The Morgan fingerprint density at radius 1 is 0.926 bits per heavy atom. The summed E-state index contributed by atoms with van der Waals surface area (Å²) in [4.78, 5) is 15.2. The Labute approximate surface area is 170 Å². The number of amides is 1. The van der Waals surface area contributed by atoms with E-state index < -0.39 is 0 Å². The Bertz CT molecular complexity index is 767. The van der Waals surface area contributed by atoms with Crippen molar-refractivity contribution in [1.82, 2.24) is 0 Å². The minimum Gasteiger partial charge on any atom is -0.322 e. The van der Waals surface area contributed by atoms with Crippen LogP contribution in [0, 0.1) is 0 Å². The van der Waals surface area contributed by atoms with Crippen molar-refractivity contribution in [1.29, 1.82) is 0 Å². The monoisotopic (exact) mass is 405 g/mol. The molecule has 1 amide bonds. The van der Waals surface area contributed by atoms with Crippen LogP contribution < -0.4 is 15.1 Å². The number of para-hydroxylation sites is 1. The van der Waals surface area contributed by atoms with Gasteiger partial charge < -0.3 is 15.1 Å². The van der Waals surface area contributed by atoms with Crippen molar-refractivity contribution in [2.24, 2.45) is 0 Å². The number of nitrogens with one attached hydrogen (secondary N) is 3.